The van der Waals surface area contributed by atoms with Gasteiger partial charge in [0.2, 0.25) is 0 Å². The first kappa shape index (κ1) is 14.5. The third-order valence-corrected chi connectivity index (χ3v) is 3.85. The minimum Gasteiger partial charge on any atom is -0.481 e. The largest absolute Gasteiger partial charge is 0.481 e. The van der Waals surface area contributed by atoms with E-state index >= 15 is 0 Å². The number of nitrogens with zero attached hydrogens (tertiary/aromatic N) is 1. The highest BCUT2D eigenvalue weighted by molar-refractivity contribution is 5.95. The number of hydrogen-bond acceptors (Lipinski definition) is 2. The summed E-state index contributed by atoms with van der Waals surface area (Å²) < 4.78 is 13.9. The summed E-state index contributed by atoms with van der Waals surface area (Å²) >= 11 is 0. The van der Waals surface area contributed by atoms with Crippen LogP contribution in [0.25, 0.3) is 0 Å². The van der Waals surface area contributed by atoms with Gasteiger partial charge in [0.05, 0.1) is 11.5 Å². The number of likely N-dealkylation sites (tertiary alicyclic amines) is 1. The average molecular weight is 279 g/mol. The second-order valence-corrected chi connectivity index (χ2v) is 5.40. The quantitative estimate of drug-likeness (QED) is 0.904. The summed E-state index contributed by atoms with van der Waals surface area (Å²) in [5.41, 5.74) is 0.752. The number of piperidine rings is 1. The highest BCUT2D eigenvalue weighted by Crippen LogP contribution is 2.24. The van der Waals surface area contributed by atoms with Crippen molar-refractivity contribution < 1.29 is 19.1 Å². The van der Waals surface area contributed by atoms with Crippen LogP contribution in [-0.4, -0.2) is 34.5 Å². The number of amides is 1. The Kier molecular flexibility index (Phi) is 4.06. The first-order chi connectivity index (χ1) is 9.40. The molecule has 1 fully saturated rings. The molecule has 1 aliphatic rings. The van der Waals surface area contributed by atoms with Crippen LogP contribution in [0.5, 0.6) is 0 Å². The first-order valence-electron chi connectivity index (χ1n) is 6.70. The maximum Gasteiger partial charge on any atom is 0.308 e. The molecule has 2 rings (SSSR count). The standard InChI is InChI=1S/C15H18FNO3/c1-9-3-6-12(13(16)7-9)14(18)17-8-11(15(19)20)5-4-10(17)2/h3,6-7,10-11H,4-5,8H2,1-2H3,(H,19,20). The molecule has 1 aliphatic heterocycles. The number of aliphatic carboxylic acids is 1. The fourth-order valence-electron chi connectivity index (χ4n) is 2.54. The Morgan fingerprint density at radius 2 is 2.05 bits per heavy atom. The van der Waals surface area contributed by atoms with E-state index in [0.29, 0.717) is 12.8 Å². The van der Waals surface area contributed by atoms with Crippen LogP contribution in [0.2, 0.25) is 0 Å². The van der Waals surface area contributed by atoms with Crippen molar-refractivity contribution in [1.82, 2.24) is 4.90 Å². The van der Waals surface area contributed by atoms with Crippen LogP contribution < -0.4 is 0 Å². The summed E-state index contributed by atoms with van der Waals surface area (Å²) in [6.07, 6.45) is 1.17. The molecule has 5 heteroatoms. The number of benzene rings is 1. The van der Waals surface area contributed by atoms with Gasteiger partial charge in [-0.05, 0) is 44.4 Å². The molecule has 0 bridgehead atoms. The smallest absolute Gasteiger partial charge is 0.308 e. The number of carboxylic acid groups (broad SMARTS) is 1. The second-order valence-electron chi connectivity index (χ2n) is 5.40. The first-order valence-corrected chi connectivity index (χ1v) is 6.70. The zero-order valence-corrected chi connectivity index (χ0v) is 11.6. The van der Waals surface area contributed by atoms with Crippen molar-refractivity contribution in [2.75, 3.05) is 6.54 Å². The van der Waals surface area contributed by atoms with Crippen molar-refractivity contribution in [3.63, 3.8) is 0 Å². The van der Waals surface area contributed by atoms with E-state index in [0.717, 1.165) is 5.56 Å². The van der Waals surface area contributed by atoms with Crippen LogP contribution in [0.1, 0.15) is 35.7 Å². The summed E-state index contributed by atoms with van der Waals surface area (Å²) in [6, 6.07) is 4.39. The van der Waals surface area contributed by atoms with Gasteiger partial charge in [-0.2, -0.15) is 0 Å². The molecule has 1 aromatic carbocycles. The molecule has 0 radical (unpaired) electrons. The Balaban J connectivity index is 2.24. The monoisotopic (exact) mass is 279 g/mol. The van der Waals surface area contributed by atoms with Crippen molar-refractivity contribution in [3.05, 3.63) is 35.1 Å². The molecule has 1 aromatic rings. The summed E-state index contributed by atoms with van der Waals surface area (Å²) in [7, 11) is 0. The molecule has 1 saturated heterocycles. The normalized spacial score (nSPS) is 22.6. The SMILES string of the molecule is Cc1ccc(C(=O)N2CC(C(=O)O)CCC2C)c(F)c1. The molecule has 2 atom stereocenters. The third-order valence-electron chi connectivity index (χ3n) is 3.85. The minimum absolute atomic E-state index is 0.00786. The Morgan fingerprint density at radius 3 is 2.65 bits per heavy atom. The van der Waals surface area contributed by atoms with E-state index in [1.165, 1.54) is 17.0 Å². The van der Waals surface area contributed by atoms with Crippen LogP contribution in [0.4, 0.5) is 4.39 Å². The lowest BCUT2D eigenvalue weighted by atomic mass is 9.93. The summed E-state index contributed by atoms with van der Waals surface area (Å²) in [4.78, 5) is 24.9. The fraction of sp³-hybridized carbons (Fsp3) is 0.467. The molecule has 1 heterocycles. The van der Waals surface area contributed by atoms with Gasteiger partial charge in [0.15, 0.2) is 0 Å². The van der Waals surface area contributed by atoms with Gasteiger partial charge in [-0.1, -0.05) is 6.07 Å². The molecule has 0 aromatic heterocycles. The van der Waals surface area contributed by atoms with Crippen LogP contribution in [0.3, 0.4) is 0 Å². The number of carbonyl (C=O) groups excluding carboxylic acids is 1. The average Bonchev–Trinajstić information content (AvgIpc) is 2.38. The number of rotatable bonds is 2. The van der Waals surface area contributed by atoms with Crippen molar-refractivity contribution in [2.24, 2.45) is 5.92 Å². The molecule has 2 unspecified atom stereocenters. The number of carbonyl (C=O) groups is 2. The Labute approximate surface area is 117 Å². The Bertz CT molecular complexity index is 544. The topological polar surface area (TPSA) is 57.6 Å². The van der Waals surface area contributed by atoms with Gasteiger partial charge in [-0.25, -0.2) is 4.39 Å². The molecule has 4 nitrogen and oxygen atoms in total. The lowest BCUT2D eigenvalue weighted by Gasteiger charge is -2.36. The molecule has 1 amide bonds. The van der Waals surface area contributed by atoms with Gasteiger partial charge in [0.1, 0.15) is 5.82 Å². The van der Waals surface area contributed by atoms with E-state index in [4.69, 9.17) is 5.11 Å². The highest BCUT2D eigenvalue weighted by atomic mass is 19.1. The maximum atomic E-state index is 13.9. The summed E-state index contributed by atoms with van der Waals surface area (Å²) in [6.45, 7) is 3.76. The van der Waals surface area contributed by atoms with E-state index in [2.05, 4.69) is 0 Å². The number of hydrogen-bond donors (Lipinski definition) is 1. The number of halogens is 1. The van der Waals surface area contributed by atoms with E-state index in [1.807, 2.05) is 6.92 Å². The summed E-state index contributed by atoms with van der Waals surface area (Å²) in [5, 5.41) is 9.07. The van der Waals surface area contributed by atoms with E-state index in [9.17, 15) is 14.0 Å². The van der Waals surface area contributed by atoms with Crippen LogP contribution in [0.15, 0.2) is 18.2 Å². The van der Waals surface area contributed by atoms with Crippen LogP contribution in [0, 0.1) is 18.7 Å². The van der Waals surface area contributed by atoms with Gasteiger partial charge in [-0.3, -0.25) is 9.59 Å². The van der Waals surface area contributed by atoms with Gasteiger partial charge >= 0.3 is 5.97 Å². The lowest BCUT2D eigenvalue weighted by Crippen LogP contribution is -2.47. The Hall–Kier alpha value is -1.91. The molecular weight excluding hydrogens is 261 g/mol. The predicted octanol–water partition coefficient (Wildman–Crippen LogP) is 2.46. The van der Waals surface area contributed by atoms with Crippen LogP contribution in [-0.2, 0) is 4.79 Å². The van der Waals surface area contributed by atoms with Crippen molar-refractivity contribution in [2.45, 2.75) is 32.7 Å². The van der Waals surface area contributed by atoms with E-state index < -0.39 is 23.6 Å². The highest BCUT2D eigenvalue weighted by Gasteiger charge is 2.33. The molecule has 1 N–H and O–H groups in total. The summed E-state index contributed by atoms with van der Waals surface area (Å²) in [5.74, 6) is -2.46. The minimum atomic E-state index is -0.904. The molecule has 0 aliphatic carbocycles. The van der Waals surface area contributed by atoms with Crippen molar-refractivity contribution >= 4 is 11.9 Å². The molecule has 0 spiro atoms. The van der Waals surface area contributed by atoms with E-state index in [-0.39, 0.29) is 18.2 Å². The molecule has 108 valence electrons. The number of carboxylic acids is 1. The Morgan fingerprint density at radius 1 is 1.35 bits per heavy atom. The second kappa shape index (κ2) is 5.61. The van der Waals surface area contributed by atoms with Gasteiger partial charge < -0.3 is 10.0 Å². The predicted molar refractivity (Wildman–Crippen MR) is 72.0 cm³/mol. The van der Waals surface area contributed by atoms with Gasteiger partial charge in [0, 0.05) is 12.6 Å². The van der Waals surface area contributed by atoms with Crippen molar-refractivity contribution in [3.8, 4) is 0 Å². The molecular formula is C15H18FNO3. The maximum absolute atomic E-state index is 13.9. The van der Waals surface area contributed by atoms with Gasteiger partial charge in [-0.15, -0.1) is 0 Å². The molecule has 0 saturated carbocycles. The van der Waals surface area contributed by atoms with Gasteiger partial charge in [0.25, 0.3) is 5.91 Å². The molecule has 20 heavy (non-hydrogen) atoms. The zero-order valence-electron chi connectivity index (χ0n) is 11.6. The van der Waals surface area contributed by atoms with E-state index in [1.54, 1.807) is 13.0 Å². The zero-order chi connectivity index (χ0) is 14.9. The van der Waals surface area contributed by atoms with Crippen LogP contribution >= 0.6 is 0 Å². The number of aryl methyl sites for hydroxylation is 1. The van der Waals surface area contributed by atoms with Crippen molar-refractivity contribution in [1.29, 1.82) is 0 Å². The lowest BCUT2D eigenvalue weighted by molar-refractivity contribution is -0.143. The fourth-order valence-corrected chi connectivity index (χ4v) is 2.54. The third kappa shape index (κ3) is 2.81.